The summed E-state index contributed by atoms with van der Waals surface area (Å²) in [4.78, 5) is 7.30. The van der Waals surface area contributed by atoms with E-state index >= 15 is 0 Å². The van der Waals surface area contributed by atoms with Gasteiger partial charge >= 0.3 is 0 Å². The minimum Gasteiger partial charge on any atom is -0.385 e. The summed E-state index contributed by atoms with van der Waals surface area (Å²) in [6, 6.07) is 0. The zero-order valence-electron chi connectivity index (χ0n) is 9.96. The highest BCUT2D eigenvalue weighted by Gasteiger charge is 2.35. The lowest BCUT2D eigenvalue weighted by atomic mass is 9.67. The van der Waals surface area contributed by atoms with Gasteiger partial charge in [-0.05, 0) is 24.7 Å². The van der Waals surface area contributed by atoms with Crippen LogP contribution in [-0.4, -0.2) is 30.2 Å². The summed E-state index contributed by atoms with van der Waals surface area (Å²) in [7, 11) is 1.78. The number of imidazole rings is 1. The molecule has 0 unspecified atom stereocenters. The lowest BCUT2D eigenvalue weighted by Crippen LogP contribution is -2.40. The molecular formula is C12H21N3O. The van der Waals surface area contributed by atoms with Crippen LogP contribution in [0.25, 0.3) is 0 Å². The van der Waals surface area contributed by atoms with Gasteiger partial charge in [-0.15, -0.1) is 0 Å². The molecule has 1 saturated carbocycles. The summed E-state index contributed by atoms with van der Waals surface area (Å²) in [5, 5.41) is 3.49. The lowest BCUT2D eigenvalue weighted by molar-refractivity contribution is 0.0688. The fourth-order valence-electron chi connectivity index (χ4n) is 2.35. The highest BCUT2D eigenvalue weighted by atomic mass is 16.5. The monoisotopic (exact) mass is 223 g/mol. The van der Waals surface area contributed by atoms with Crippen molar-refractivity contribution < 1.29 is 4.74 Å². The van der Waals surface area contributed by atoms with Crippen molar-refractivity contribution in [3.63, 3.8) is 0 Å². The quantitative estimate of drug-likeness (QED) is 0.740. The maximum Gasteiger partial charge on any atom is 0.120 e. The van der Waals surface area contributed by atoms with Crippen LogP contribution in [0, 0.1) is 5.41 Å². The first-order valence-corrected chi connectivity index (χ1v) is 6.03. The minimum atomic E-state index is 0.489. The Morgan fingerprint density at radius 3 is 3.00 bits per heavy atom. The summed E-state index contributed by atoms with van der Waals surface area (Å²) in [5.74, 6) is 1.02. The molecule has 1 heterocycles. The number of nitrogens with one attached hydrogen (secondary N) is 2. The first-order chi connectivity index (χ1) is 7.85. The van der Waals surface area contributed by atoms with Crippen molar-refractivity contribution >= 4 is 0 Å². The van der Waals surface area contributed by atoms with Crippen molar-refractivity contribution in [1.82, 2.24) is 15.3 Å². The highest BCUT2D eigenvalue weighted by Crippen LogP contribution is 2.43. The molecule has 16 heavy (non-hydrogen) atoms. The third-order valence-corrected chi connectivity index (χ3v) is 3.60. The number of hydrogen-bond acceptors (Lipinski definition) is 3. The number of ether oxygens (including phenoxy) is 1. The van der Waals surface area contributed by atoms with Crippen molar-refractivity contribution in [2.45, 2.75) is 32.2 Å². The number of methoxy groups -OCH3 is 1. The van der Waals surface area contributed by atoms with E-state index in [1.165, 1.54) is 25.7 Å². The second-order valence-corrected chi connectivity index (χ2v) is 4.74. The first-order valence-electron chi connectivity index (χ1n) is 6.03. The Balaban J connectivity index is 1.70. The summed E-state index contributed by atoms with van der Waals surface area (Å²) >= 11 is 0. The van der Waals surface area contributed by atoms with Crippen LogP contribution in [0.1, 0.15) is 31.5 Å². The molecule has 4 heteroatoms. The molecule has 1 aromatic rings. The highest BCUT2D eigenvalue weighted by molar-refractivity contribution is 4.91. The molecule has 1 aromatic heterocycles. The number of rotatable bonds is 7. The van der Waals surface area contributed by atoms with E-state index in [-0.39, 0.29) is 0 Å². The number of nitrogens with zero attached hydrogens (tertiary/aromatic N) is 1. The molecule has 0 aromatic carbocycles. The standard InChI is InChI=1S/C12H21N3O/c1-16-8-5-12(3-2-4-12)10-13-9-11-14-6-7-15-11/h6-7,13H,2-5,8-10H2,1H3,(H,14,15). The summed E-state index contributed by atoms with van der Waals surface area (Å²) in [6.07, 6.45) is 8.87. The second kappa shape index (κ2) is 5.46. The zero-order chi connectivity index (χ0) is 11.3. The van der Waals surface area contributed by atoms with E-state index in [2.05, 4.69) is 15.3 Å². The summed E-state index contributed by atoms with van der Waals surface area (Å²) in [5.41, 5.74) is 0.489. The first kappa shape index (κ1) is 11.6. The average Bonchev–Trinajstić information content (AvgIpc) is 2.73. The lowest BCUT2D eigenvalue weighted by Gasteiger charge is -2.42. The van der Waals surface area contributed by atoms with Crippen molar-refractivity contribution in [3.8, 4) is 0 Å². The normalized spacial score (nSPS) is 18.3. The van der Waals surface area contributed by atoms with Crippen molar-refractivity contribution in [1.29, 1.82) is 0 Å². The van der Waals surface area contributed by atoms with Crippen LogP contribution >= 0.6 is 0 Å². The van der Waals surface area contributed by atoms with E-state index < -0.39 is 0 Å². The third kappa shape index (κ3) is 2.83. The molecule has 1 aliphatic rings. The van der Waals surface area contributed by atoms with Crippen LogP contribution in [0.2, 0.25) is 0 Å². The Labute approximate surface area is 96.8 Å². The van der Waals surface area contributed by atoms with E-state index in [4.69, 9.17) is 4.74 Å². The molecule has 0 spiro atoms. The fourth-order valence-corrected chi connectivity index (χ4v) is 2.35. The van der Waals surface area contributed by atoms with Gasteiger partial charge in [-0.2, -0.15) is 0 Å². The van der Waals surface area contributed by atoms with Gasteiger partial charge in [0.15, 0.2) is 0 Å². The fraction of sp³-hybridized carbons (Fsp3) is 0.750. The van der Waals surface area contributed by atoms with Gasteiger partial charge in [0.25, 0.3) is 0 Å². The maximum atomic E-state index is 5.18. The van der Waals surface area contributed by atoms with Crippen molar-refractivity contribution in [2.24, 2.45) is 5.41 Å². The van der Waals surface area contributed by atoms with Crippen LogP contribution in [-0.2, 0) is 11.3 Å². The number of aromatic nitrogens is 2. The molecule has 1 fully saturated rings. The molecule has 0 aliphatic heterocycles. The summed E-state index contributed by atoms with van der Waals surface area (Å²) < 4.78 is 5.18. The number of H-pyrrole nitrogens is 1. The Kier molecular flexibility index (Phi) is 3.96. The minimum absolute atomic E-state index is 0.489. The van der Waals surface area contributed by atoms with Crippen molar-refractivity contribution in [3.05, 3.63) is 18.2 Å². The molecule has 2 N–H and O–H groups in total. The van der Waals surface area contributed by atoms with Gasteiger partial charge in [-0.25, -0.2) is 4.98 Å². The molecule has 0 saturated heterocycles. The van der Waals surface area contributed by atoms with Crippen molar-refractivity contribution in [2.75, 3.05) is 20.3 Å². The van der Waals surface area contributed by atoms with Gasteiger partial charge in [0.05, 0.1) is 6.54 Å². The molecule has 0 amide bonds. The third-order valence-electron chi connectivity index (χ3n) is 3.60. The van der Waals surface area contributed by atoms with E-state index in [0.29, 0.717) is 5.41 Å². The maximum absolute atomic E-state index is 5.18. The van der Waals surface area contributed by atoms with E-state index in [0.717, 1.165) is 25.5 Å². The molecule has 90 valence electrons. The largest absolute Gasteiger partial charge is 0.385 e. The van der Waals surface area contributed by atoms with Crippen LogP contribution in [0.15, 0.2) is 12.4 Å². The van der Waals surface area contributed by atoms with E-state index in [9.17, 15) is 0 Å². The van der Waals surface area contributed by atoms with Gasteiger partial charge in [0.2, 0.25) is 0 Å². The second-order valence-electron chi connectivity index (χ2n) is 4.74. The topological polar surface area (TPSA) is 49.9 Å². The Bertz CT molecular complexity index is 293. The van der Waals surface area contributed by atoms with Crippen LogP contribution in [0.5, 0.6) is 0 Å². The summed E-state index contributed by atoms with van der Waals surface area (Å²) in [6.45, 7) is 2.79. The molecule has 4 nitrogen and oxygen atoms in total. The molecule has 0 bridgehead atoms. The number of hydrogen-bond donors (Lipinski definition) is 2. The van der Waals surface area contributed by atoms with Crippen LogP contribution < -0.4 is 5.32 Å². The Hall–Kier alpha value is -0.870. The van der Waals surface area contributed by atoms with Crippen LogP contribution in [0.3, 0.4) is 0 Å². The SMILES string of the molecule is COCCC1(CNCc2ncc[nH]2)CCC1. The van der Waals surface area contributed by atoms with E-state index in [1.807, 2.05) is 6.20 Å². The molecule has 1 aliphatic carbocycles. The van der Waals surface area contributed by atoms with Gasteiger partial charge < -0.3 is 15.0 Å². The Morgan fingerprint density at radius 1 is 1.56 bits per heavy atom. The predicted molar refractivity (Wildman–Crippen MR) is 63.1 cm³/mol. The predicted octanol–water partition coefficient (Wildman–Crippen LogP) is 1.71. The molecular weight excluding hydrogens is 202 g/mol. The Morgan fingerprint density at radius 2 is 2.44 bits per heavy atom. The zero-order valence-corrected chi connectivity index (χ0v) is 9.96. The smallest absolute Gasteiger partial charge is 0.120 e. The molecule has 0 radical (unpaired) electrons. The van der Waals surface area contributed by atoms with E-state index in [1.54, 1.807) is 13.3 Å². The van der Waals surface area contributed by atoms with Gasteiger partial charge in [0, 0.05) is 32.7 Å². The number of aromatic amines is 1. The van der Waals surface area contributed by atoms with Gasteiger partial charge in [-0.3, -0.25) is 0 Å². The van der Waals surface area contributed by atoms with Crippen LogP contribution in [0.4, 0.5) is 0 Å². The van der Waals surface area contributed by atoms with Gasteiger partial charge in [0.1, 0.15) is 5.82 Å². The van der Waals surface area contributed by atoms with Gasteiger partial charge in [-0.1, -0.05) is 6.42 Å². The molecule has 2 rings (SSSR count). The average molecular weight is 223 g/mol. The molecule has 0 atom stereocenters.